The SMILES string of the molecule is N#C/C=C/c1cc(F)c(-n2cnc3cnc(Nc4ccc(C#N)cc4)nc32)c(Cl)c1. The molecule has 30 heavy (non-hydrogen) atoms. The number of allylic oxidation sites excluding steroid dienone is 1. The highest BCUT2D eigenvalue weighted by Gasteiger charge is 2.16. The van der Waals surface area contributed by atoms with Gasteiger partial charge in [0.05, 0.1) is 28.9 Å². The van der Waals surface area contributed by atoms with Crippen LogP contribution >= 0.6 is 11.6 Å². The highest BCUT2D eigenvalue weighted by molar-refractivity contribution is 6.32. The molecule has 4 rings (SSSR count). The van der Waals surface area contributed by atoms with Crippen LogP contribution in [-0.2, 0) is 0 Å². The van der Waals surface area contributed by atoms with E-state index >= 15 is 0 Å². The van der Waals surface area contributed by atoms with Gasteiger partial charge in [-0.15, -0.1) is 0 Å². The highest BCUT2D eigenvalue weighted by atomic mass is 35.5. The third-order valence-corrected chi connectivity index (χ3v) is 4.48. The van der Waals surface area contributed by atoms with Gasteiger partial charge in [-0.2, -0.15) is 15.5 Å². The number of benzene rings is 2. The average molecular weight is 416 g/mol. The van der Waals surface area contributed by atoms with E-state index in [4.69, 9.17) is 22.1 Å². The van der Waals surface area contributed by atoms with Gasteiger partial charge in [-0.1, -0.05) is 11.6 Å². The van der Waals surface area contributed by atoms with Crippen LogP contribution in [0.4, 0.5) is 16.0 Å². The Bertz CT molecular complexity index is 1340. The van der Waals surface area contributed by atoms with E-state index in [2.05, 4.69) is 26.3 Å². The third-order valence-electron chi connectivity index (χ3n) is 4.19. The number of imidazole rings is 1. The first-order valence-electron chi connectivity index (χ1n) is 8.62. The minimum atomic E-state index is -0.584. The number of hydrogen-bond donors (Lipinski definition) is 1. The fourth-order valence-corrected chi connectivity index (χ4v) is 3.14. The number of nitrogens with zero attached hydrogens (tertiary/aromatic N) is 6. The van der Waals surface area contributed by atoms with Gasteiger partial charge in [0.1, 0.15) is 23.3 Å². The molecule has 0 amide bonds. The maximum Gasteiger partial charge on any atom is 0.229 e. The number of hydrogen-bond acceptors (Lipinski definition) is 6. The van der Waals surface area contributed by atoms with Crippen molar-refractivity contribution in [1.82, 2.24) is 19.5 Å². The van der Waals surface area contributed by atoms with Gasteiger partial charge in [0.2, 0.25) is 5.95 Å². The first-order valence-corrected chi connectivity index (χ1v) is 8.99. The van der Waals surface area contributed by atoms with Crippen LogP contribution in [0.5, 0.6) is 0 Å². The Balaban J connectivity index is 1.74. The molecule has 0 radical (unpaired) electrons. The largest absolute Gasteiger partial charge is 0.324 e. The van der Waals surface area contributed by atoms with Crippen molar-refractivity contribution in [2.24, 2.45) is 0 Å². The highest BCUT2D eigenvalue weighted by Crippen LogP contribution is 2.29. The number of aromatic nitrogens is 4. The van der Waals surface area contributed by atoms with Gasteiger partial charge in [-0.05, 0) is 48.0 Å². The van der Waals surface area contributed by atoms with E-state index in [0.29, 0.717) is 28.0 Å². The van der Waals surface area contributed by atoms with Crippen LogP contribution in [0.15, 0.2) is 55.0 Å². The minimum absolute atomic E-state index is 0.0938. The van der Waals surface area contributed by atoms with Crippen molar-refractivity contribution < 1.29 is 4.39 Å². The van der Waals surface area contributed by atoms with E-state index in [9.17, 15) is 4.39 Å². The van der Waals surface area contributed by atoms with Crippen LogP contribution in [0.2, 0.25) is 5.02 Å². The van der Waals surface area contributed by atoms with Crippen LogP contribution in [-0.4, -0.2) is 19.5 Å². The number of fused-ring (bicyclic) bond motifs is 1. The second kappa shape index (κ2) is 8.00. The van der Waals surface area contributed by atoms with Gasteiger partial charge in [-0.25, -0.2) is 14.4 Å². The van der Waals surface area contributed by atoms with Gasteiger partial charge < -0.3 is 5.32 Å². The summed E-state index contributed by atoms with van der Waals surface area (Å²) >= 11 is 6.31. The predicted molar refractivity (Wildman–Crippen MR) is 111 cm³/mol. The topological polar surface area (TPSA) is 103 Å². The fourth-order valence-electron chi connectivity index (χ4n) is 2.84. The number of anilines is 2. The van der Waals surface area contributed by atoms with Crippen molar-refractivity contribution in [3.05, 3.63) is 77.0 Å². The molecule has 7 nitrogen and oxygen atoms in total. The van der Waals surface area contributed by atoms with Crippen LogP contribution in [0, 0.1) is 28.5 Å². The maximum atomic E-state index is 14.8. The summed E-state index contributed by atoms with van der Waals surface area (Å²) in [4.78, 5) is 12.9. The van der Waals surface area contributed by atoms with E-state index in [0.717, 1.165) is 0 Å². The smallest absolute Gasteiger partial charge is 0.229 e. The summed E-state index contributed by atoms with van der Waals surface area (Å²) in [5.74, 6) is -0.307. The molecule has 9 heteroatoms. The summed E-state index contributed by atoms with van der Waals surface area (Å²) in [6.07, 6.45) is 5.64. The van der Waals surface area contributed by atoms with Crippen molar-refractivity contribution >= 4 is 40.5 Å². The summed E-state index contributed by atoms with van der Waals surface area (Å²) in [5.41, 5.74) is 2.61. The normalized spacial score (nSPS) is 10.8. The molecule has 2 aromatic heterocycles. The van der Waals surface area contributed by atoms with Crippen LogP contribution < -0.4 is 5.32 Å². The van der Waals surface area contributed by atoms with E-state index in [-0.39, 0.29) is 16.7 Å². The Labute approximate surface area is 175 Å². The first kappa shape index (κ1) is 19.1. The minimum Gasteiger partial charge on any atom is -0.324 e. The van der Waals surface area contributed by atoms with Gasteiger partial charge in [-0.3, -0.25) is 4.57 Å². The number of nitriles is 2. The zero-order valence-electron chi connectivity index (χ0n) is 15.2. The van der Waals surface area contributed by atoms with Crippen molar-refractivity contribution in [2.45, 2.75) is 0 Å². The molecule has 0 fully saturated rings. The number of nitrogens with one attached hydrogen (secondary N) is 1. The maximum absolute atomic E-state index is 14.8. The molecule has 2 heterocycles. The predicted octanol–water partition coefficient (Wildman–Crippen LogP) is 4.76. The van der Waals surface area contributed by atoms with E-state index in [1.165, 1.54) is 35.3 Å². The van der Waals surface area contributed by atoms with Crippen LogP contribution in [0.3, 0.4) is 0 Å². The average Bonchev–Trinajstić information content (AvgIpc) is 3.15. The molecule has 0 aliphatic rings. The number of rotatable bonds is 4. The first-order chi connectivity index (χ1) is 14.6. The fraction of sp³-hybridized carbons (Fsp3) is 0. The lowest BCUT2D eigenvalue weighted by molar-refractivity contribution is 0.619. The van der Waals surface area contributed by atoms with Crippen molar-refractivity contribution in [2.75, 3.05) is 5.32 Å². The third kappa shape index (κ3) is 3.68. The van der Waals surface area contributed by atoms with Gasteiger partial charge in [0, 0.05) is 11.8 Å². The Kier molecular flexibility index (Phi) is 5.08. The molecular formula is C21H11ClFN7. The molecule has 0 spiro atoms. The molecule has 0 aliphatic heterocycles. The zero-order valence-corrected chi connectivity index (χ0v) is 16.0. The second-order valence-electron chi connectivity index (χ2n) is 6.13. The number of halogens is 2. The molecule has 4 aromatic rings. The lowest BCUT2D eigenvalue weighted by atomic mass is 10.2. The second-order valence-corrected chi connectivity index (χ2v) is 6.53. The monoisotopic (exact) mass is 415 g/mol. The molecule has 1 N–H and O–H groups in total. The van der Waals surface area contributed by atoms with E-state index < -0.39 is 5.82 Å². The van der Waals surface area contributed by atoms with Crippen molar-refractivity contribution in [3.8, 4) is 17.8 Å². The van der Waals surface area contributed by atoms with Crippen LogP contribution in [0.25, 0.3) is 22.9 Å². The Morgan fingerprint density at radius 3 is 2.63 bits per heavy atom. The standard InChI is InChI=1S/C21H11ClFN7/c22-16-8-14(2-1-7-24)9-17(23)19(16)30-12-27-18-11-26-21(29-20(18)30)28-15-5-3-13(10-25)4-6-15/h1-6,8-9,11-12H,(H,26,28,29)/b2-1+. The zero-order chi connectivity index (χ0) is 21.1. The molecule has 2 aromatic carbocycles. The molecule has 0 unspecified atom stereocenters. The quantitative estimate of drug-likeness (QED) is 0.482. The van der Waals surface area contributed by atoms with Gasteiger partial charge >= 0.3 is 0 Å². The van der Waals surface area contributed by atoms with Crippen LogP contribution in [0.1, 0.15) is 11.1 Å². The van der Waals surface area contributed by atoms with Gasteiger partial charge in [0.25, 0.3) is 0 Å². The van der Waals surface area contributed by atoms with E-state index in [1.54, 1.807) is 30.3 Å². The Hall–Kier alpha value is -4.27. The molecule has 0 saturated heterocycles. The molecule has 0 saturated carbocycles. The summed E-state index contributed by atoms with van der Waals surface area (Å²) in [5, 5.41) is 20.7. The Morgan fingerprint density at radius 1 is 1.13 bits per heavy atom. The summed E-state index contributed by atoms with van der Waals surface area (Å²) in [7, 11) is 0. The lowest BCUT2D eigenvalue weighted by Crippen LogP contribution is -2.02. The molecule has 0 atom stereocenters. The molecular weight excluding hydrogens is 405 g/mol. The molecule has 0 aliphatic carbocycles. The molecule has 0 bridgehead atoms. The van der Waals surface area contributed by atoms with Crippen molar-refractivity contribution in [1.29, 1.82) is 10.5 Å². The summed E-state index contributed by atoms with van der Waals surface area (Å²) in [6.45, 7) is 0. The lowest BCUT2D eigenvalue weighted by Gasteiger charge is -2.10. The van der Waals surface area contributed by atoms with Crippen molar-refractivity contribution in [3.63, 3.8) is 0 Å². The summed E-state index contributed by atoms with van der Waals surface area (Å²) in [6, 6.07) is 13.5. The molecule has 144 valence electrons. The van der Waals surface area contributed by atoms with Gasteiger partial charge in [0.15, 0.2) is 5.65 Å². The summed E-state index contributed by atoms with van der Waals surface area (Å²) < 4.78 is 16.3. The Morgan fingerprint density at radius 2 is 1.93 bits per heavy atom. The van der Waals surface area contributed by atoms with E-state index in [1.807, 2.05) is 6.07 Å².